The van der Waals surface area contributed by atoms with Gasteiger partial charge < -0.3 is 9.84 Å². The summed E-state index contributed by atoms with van der Waals surface area (Å²) in [6.45, 7) is 5.00. The van der Waals surface area contributed by atoms with E-state index in [4.69, 9.17) is 16.3 Å². The van der Waals surface area contributed by atoms with E-state index in [2.05, 4.69) is 0 Å². The van der Waals surface area contributed by atoms with E-state index in [0.717, 1.165) is 17.5 Å². The van der Waals surface area contributed by atoms with E-state index in [9.17, 15) is 5.11 Å². The Morgan fingerprint density at radius 3 is 2.87 bits per heavy atom. The maximum absolute atomic E-state index is 9.87. The van der Waals surface area contributed by atoms with E-state index >= 15 is 0 Å². The Balaban J connectivity index is 2.64. The predicted molar refractivity (Wildman–Crippen MR) is 62.3 cm³/mol. The van der Waals surface area contributed by atoms with Crippen LogP contribution in [-0.2, 0) is 4.74 Å². The molecule has 1 rings (SSSR count). The number of aliphatic hydroxyl groups excluding tert-OH is 1. The van der Waals surface area contributed by atoms with Crippen LogP contribution < -0.4 is 0 Å². The Kier molecular flexibility index (Phi) is 5.09. The Morgan fingerprint density at radius 1 is 1.47 bits per heavy atom. The quantitative estimate of drug-likeness (QED) is 0.785. The fourth-order valence-electron chi connectivity index (χ4n) is 1.40. The van der Waals surface area contributed by atoms with Gasteiger partial charge in [0.15, 0.2) is 0 Å². The normalized spacial score (nSPS) is 12.8. The Bertz CT molecular complexity index is 312. The van der Waals surface area contributed by atoms with E-state index in [1.165, 1.54) is 0 Å². The lowest BCUT2D eigenvalue weighted by Gasteiger charge is -2.14. The van der Waals surface area contributed by atoms with Crippen molar-refractivity contribution in [3.05, 3.63) is 34.3 Å². The number of halogens is 1. The fraction of sp³-hybridized carbons (Fsp3) is 0.500. The molecule has 0 bridgehead atoms. The molecule has 0 aromatic heterocycles. The predicted octanol–water partition coefficient (Wildman–Crippen LogP) is 3.11. The van der Waals surface area contributed by atoms with Crippen molar-refractivity contribution >= 4 is 11.6 Å². The molecule has 1 unspecified atom stereocenters. The van der Waals surface area contributed by atoms with Crippen molar-refractivity contribution in [1.29, 1.82) is 0 Å². The van der Waals surface area contributed by atoms with Crippen molar-refractivity contribution in [3.63, 3.8) is 0 Å². The third-order valence-electron chi connectivity index (χ3n) is 2.22. The number of aryl methyl sites for hydroxylation is 1. The molecule has 84 valence electrons. The average Bonchev–Trinajstić information content (AvgIpc) is 2.22. The number of hydrogen-bond acceptors (Lipinski definition) is 2. The van der Waals surface area contributed by atoms with Gasteiger partial charge in [-0.25, -0.2) is 0 Å². The SMILES string of the molecule is CCCOCC(O)c1cc(Cl)ccc1C. The van der Waals surface area contributed by atoms with Crippen LogP contribution in [0.1, 0.15) is 30.6 Å². The van der Waals surface area contributed by atoms with Crippen LogP contribution in [0.3, 0.4) is 0 Å². The number of aliphatic hydroxyl groups is 1. The molecule has 1 N–H and O–H groups in total. The highest BCUT2D eigenvalue weighted by atomic mass is 35.5. The molecule has 0 heterocycles. The molecule has 1 aromatic rings. The molecule has 15 heavy (non-hydrogen) atoms. The van der Waals surface area contributed by atoms with Gasteiger partial charge in [-0.2, -0.15) is 0 Å². The third-order valence-corrected chi connectivity index (χ3v) is 2.46. The second-order valence-electron chi connectivity index (χ2n) is 3.59. The number of ether oxygens (including phenoxy) is 1. The number of hydrogen-bond donors (Lipinski definition) is 1. The minimum absolute atomic E-state index is 0.328. The summed E-state index contributed by atoms with van der Waals surface area (Å²) >= 11 is 5.87. The van der Waals surface area contributed by atoms with Crippen molar-refractivity contribution in [3.8, 4) is 0 Å². The van der Waals surface area contributed by atoms with Gasteiger partial charge in [-0.05, 0) is 36.6 Å². The van der Waals surface area contributed by atoms with Crippen LogP contribution in [0.15, 0.2) is 18.2 Å². The van der Waals surface area contributed by atoms with Gasteiger partial charge in [0.2, 0.25) is 0 Å². The monoisotopic (exact) mass is 228 g/mol. The van der Waals surface area contributed by atoms with E-state index in [-0.39, 0.29) is 0 Å². The zero-order chi connectivity index (χ0) is 11.3. The molecule has 0 saturated carbocycles. The molecular weight excluding hydrogens is 212 g/mol. The number of benzene rings is 1. The molecule has 0 spiro atoms. The third kappa shape index (κ3) is 3.82. The van der Waals surface area contributed by atoms with E-state index < -0.39 is 6.10 Å². The largest absolute Gasteiger partial charge is 0.386 e. The van der Waals surface area contributed by atoms with Crippen molar-refractivity contribution < 1.29 is 9.84 Å². The molecule has 0 amide bonds. The highest BCUT2D eigenvalue weighted by molar-refractivity contribution is 6.30. The molecule has 1 atom stereocenters. The van der Waals surface area contributed by atoms with E-state index in [1.807, 2.05) is 26.0 Å². The Hall–Kier alpha value is -0.570. The Morgan fingerprint density at radius 2 is 2.20 bits per heavy atom. The summed E-state index contributed by atoms with van der Waals surface area (Å²) in [4.78, 5) is 0. The van der Waals surface area contributed by atoms with Crippen molar-refractivity contribution in [2.24, 2.45) is 0 Å². The summed E-state index contributed by atoms with van der Waals surface area (Å²) in [7, 11) is 0. The van der Waals surface area contributed by atoms with Gasteiger partial charge in [-0.15, -0.1) is 0 Å². The lowest BCUT2D eigenvalue weighted by Crippen LogP contribution is -2.09. The van der Waals surface area contributed by atoms with Crippen molar-refractivity contribution in [2.75, 3.05) is 13.2 Å². The topological polar surface area (TPSA) is 29.5 Å². The zero-order valence-electron chi connectivity index (χ0n) is 9.16. The maximum atomic E-state index is 9.87. The molecular formula is C12H17ClO2. The minimum atomic E-state index is -0.588. The standard InChI is InChI=1S/C12H17ClO2/c1-3-6-15-8-12(14)11-7-10(13)5-4-9(11)2/h4-5,7,12,14H,3,6,8H2,1-2H3. The average molecular weight is 229 g/mol. The molecule has 0 aliphatic rings. The molecule has 0 aliphatic carbocycles. The molecule has 0 saturated heterocycles. The molecule has 0 radical (unpaired) electrons. The summed E-state index contributed by atoms with van der Waals surface area (Å²) < 4.78 is 5.30. The van der Waals surface area contributed by atoms with Crippen LogP contribution in [0.2, 0.25) is 5.02 Å². The summed E-state index contributed by atoms with van der Waals surface area (Å²) in [6.07, 6.45) is 0.372. The lowest BCUT2D eigenvalue weighted by molar-refractivity contribution is 0.0361. The molecule has 3 heteroatoms. The smallest absolute Gasteiger partial charge is 0.103 e. The van der Waals surface area contributed by atoms with Crippen molar-refractivity contribution in [2.45, 2.75) is 26.4 Å². The maximum Gasteiger partial charge on any atom is 0.103 e. The molecule has 1 aromatic carbocycles. The first-order valence-electron chi connectivity index (χ1n) is 5.17. The van der Waals surface area contributed by atoms with Gasteiger partial charge in [0.05, 0.1) is 6.61 Å². The number of rotatable bonds is 5. The van der Waals surface area contributed by atoms with Crippen LogP contribution in [-0.4, -0.2) is 18.3 Å². The van der Waals surface area contributed by atoms with Gasteiger partial charge >= 0.3 is 0 Å². The van der Waals surface area contributed by atoms with E-state index in [1.54, 1.807) is 6.07 Å². The molecule has 0 fully saturated rings. The summed E-state index contributed by atoms with van der Waals surface area (Å²) in [5, 5.41) is 10.5. The van der Waals surface area contributed by atoms with E-state index in [0.29, 0.717) is 18.2 Å². The van der Waals surface area contributed by atoms with Crippen LogP contribution in [0.5, 0.6) is 0 Å². The second kappa shape index (κ2) is 6.11. The molecule has 0 aliphatic heterocycles. The van der Waals surface area contributed by atoms with Gasteiger partial charge in [-0.3, -0.25) is 0 Å². The first-order chi connectivity index (χ1) is 7.15. The first kappa shape index (κ1) is 12.5. The highest BCUT2D eigenvalue weighted by Gasteiger charge is 2.10. The lowest BCUT2D eigenvalue weighted by atomic mass is 10.0. The van der Waals surface area contributed by atoms with Gasteiger partial charge in [0.1, 0.15) is 6.10 Å². The minimum Gasteiger partial charge on any atom is -0.386 e. The van der Waals surface area contributed by atoms with Gasteiger partial charge in [0, 0.05) is 11.6 Å². The highest BCUT2D eigenvalue weighted by Crippen LogP contribution is 2.22. The van der Waals surface area contributed by atoms with Gasteiger partial charge in [-0.1, -0.05) is 24.6 Å². The van der Waals surface area contributed by atoms with Crippen LogP contribution in [0, 0.1) is 6.92 Å². The first-order valence-corrected chi connectivity index (χ1v) is 5.54. The molecule has 2 nitrogen and oxygen atoms in total. The summed E-state index contributed by atoms with van der Waals surface area (Å²) in [6, 6.07) is 5.51. The van der Waals surface area contributed by atoms with Crippen LogP contribution in [0.25, 0.3) is 0 Å². The van der Waals surface area contributed by atoms with Crippen LogP contribution >= 0.6 is 11.6 Å². The van der Waals surface area contributed by atoms with Crippen LogP contribution in [0.4, 0.5) is 0 Å². The second-order valence-corrected chi connectivity index (χ2v) is 4.03. The van der Waals surface area contributed by atoms with Gasteiger partial charge in [0.25, 0.3) is 0 Å². The zero-order valence-corrected chi connectivity index (χ0v) is 9.92. The summed E-state index contributed by atoms with van der Waals surface area (Å²) in [5.74, 6) is 0. The summed E-state index contributed by atoms with van der Waals surface area (Å²) in [5.41, 5.74) is 1.88. The Labute approximate surface area is 95.8 Å². The fourth-order valence-corrected chi connectivity index (χ4v) is 1.58. The van der Waals surface area contributed by atoms with Crippen molar-refractivity contribution in [1.82, 2.24) is 0 Å².